The maximum Gasteiger partial charge on any atom is 0.420 e. The first-order valence-electron chi connectivity index (χ1n) is 9.51. The van der Waals surface area contributed by atoms with E-state index in [0.29, 0.717) is 24.2 Å². The average Bonchev–Trinajstić information content (AvgIpc) is 3.04. The minimum Gasteiger partial charge on any atom is -0.408 e. The number of oxazole rings is 1. The maximum absolute atomic E-state index is 12.7. The molecular formula is C22H23N3O3. The Morgan fingerprint density at radius 2 is 1.68 bits per heavy atom. The fourth-order valence-corrected chi connectivity index (χ4v) is 3.48. The van der Waals surface area contributed by atoms with Crippen LogP contribution in [0.4, 0.5) is 0 Å². The predicted octanol–water partition coefficient (Wildman–Crippen LogP) is 2.45. The van der Waals surface area contributed by atoms with Gasteiger partial charge in [0.2, 0.25) is 5.91 Å². The molecule has 1 amide bonds. The van der Waals surface area contributed by atoms with Gasteiger partial charge in [0.15, 0.2) is 5.58 Å². The Morgan fingerprint density at radius 1 is 0.964 bits per heavy atom. The van der Waals surface area contributed by atoms with Gasteiger partial charge in [0.25, 0.3) is 0 Å². The number of para-hydroxylation sites is 2. The van der Waals surface area contributed by atoms with Gasteiger partial charge in [0.1, 0.15) is 6.54 Å². The highest BCUT2D eigenvalue weighted by molar-refractivity contribution is 5.79. The van der Waals surface area contributed by atoms with E-state index >= 15 is 0 Å². The molecular weight excluding hydrogens is 354 g/mol. The predicted molar refractivity (Wildman–Crippen MR) is 109 cm³/mol. The van der Waals surface area contributed by atoms with Gasteiger partial charge in [-0.2, -0.15) is 0 Å². The number of amides is 1. The second-order valence-corrected chi connectivity index (χ2v) is 6.92. The van der Waals surface area contributed by atoms with E-state index < -0.39 is 5.76 Å². The van der Waals surface area contributed by atoms with E-state index in [1.807, 2.05) is 35.2 Å². The lowest BCUT2D eigenvalue weighted by molar-refractivity contribution is -0.133. The quantitative estimate of drug-likeness (QED) is 0.685. The zero-order chi connectivity index (χ0) is 19.3. The van der Waals surface area contributed by atoms with Gasteiger partial charge in [-0.1, -0.05) is 54.6 Å². The third-order valence-electron chi connectivity index (χ3n) is 5.07. The van der Waals surface area contributed by atoms with Gasteiger partial charge in [-0.15, -0.1) is 0 Å². The number of nitrogens with zero attached hydrogens (tertiary/aromatic N) is 3. The lowest BCUT2D eigenvalue weighted by Gasteiger charge is -2.34. The summed E-state index contributed by atoms with van der Waals surface area (Å²) < 4.78 is 6.62. The fraction of sp³-hybridized carbons (Fsp3) is 0.273. The summed E-state index contributed by atoms with van der Waals surface area (Å²) in [5, 5.41) is 0. The third-order valence-corrected chi connectivity index (χ3v) is 5.07. The SMILES string of the molecule is O=C(Cn1c(=O)oc2ccccc21)N1CCN(C/C=C/c2ccccc2)CC1. The molecule has 4 rings (SSSR count). The molecule has 6 heteroatoms. The van der Waals surface area contributed by atoms with E-state index in [2.05, 4.69) is 29.2 Å². The van der Waals surface area contributed by atoms with Crippen molar-refractivity contribution < 1.29 is 9.21 Å². The van der Waals surface area contributed by atoms with Crippen LogP contribution in [0, 0.1) is 0 Å². The molecule has 0 spiro atoms. The maximum atomic E-state index is 12.7. The van der Waals surface area contributed by atoms with E-state index in [1.165, 1.54) is 10.1 Å². The first kappa shape index (κ1) is 18.3. The molecule has 0 radical (unpaired) electrons. The highest BCUT2D eigenvalue weighted by Crippen LogP contribution is 2.12. The van der Waals surface area contributed by atoms with Crippen molar-refractivity contribution in [2.24, 2.45) is 0 Å². The molecule has 1 saturated heterocycles. The highest BCUT2D eigenvalue weighted by atomic mass is 16.4. The minimum atomic E-state index is -0.487. The summed E-state index contributed by atoms with van der Waals surface area (Å²) in [6.45, 7) is 3.87. The van der Waals surface area contributed by atoms with Gasteiger partial charge >= 0.3 is 5.76 Å². The number of rotatable bonds is 5. The molecule has 1 aromatic heterocycles. The number of hydrogen-bond donors (Lipinski definition) is 0. The summed E-state index contributed by atoms with van der Waals surface area (Å²) in [5.41, 5.74) is 2.36. The van der Waals surface area contributed by atoms with E-state index in [1.54, 1.807) is 12.1 Å². The summed E-state index contributed by atoms with van der Waals surface area (Å²) in [7, 11) is 0. The van der Waals surface area contributed by atoms with Crippen LogP contribution in [0.1, 0.15) is 5.56 Å². The van der Waals surface area contributed by atoms with Gasteiger partial charge in [0.05, 0.1) is 5.52 Å². The smallest absolute Gasteiger partial charge is 0.408 e. The van der Waals surface area contributed by atoms with Crippen molar-refractivity contribution in [1.29, 1.82) is 0 Å². The van der Waals surface area contributed by atoms with Crippen LogP contribution in [0.2, 0.25) is 0 Å². The van der Waals surface area contributed by atoms with Crippen molar-refractivity contribution in [1.82, 2.24) is 14.4 Å². The largest absolute Gasteiger partial charge is 0.420 e. The van der Waals surface area contributed by atoms with Crippen LogP contribution in [-0.4, -0.2) is 53.0 Å². The number of fused-ring (bicyclic) bond motifs is 1. The Morgan fingerprint density at radius 3 is 2.46 bits per heavy atom. The minimum absolute atomic E-state index is 0.0176. The Bertz CT molecular complexity index is 1030. The lowest BCUT2D eigenvalue weighted by Crippen LogP contribution is -2.49. The molecule has 2 aromatic carbocycles. The molecule has 144 valence electrons. The van der Waals surface area contributed by atoms with Gasteiger partial charge in [-0.3, -0.25) is 14.3 Å². The summed E-state index contributed by atoms with van der Waals surface area (Å²) in [6.07, 6.45) is 4.28. The van der Waals surface area contributed by atoms with E-state index in [4.69, 9.17) is 4.42 Å². The molecule has 3 aromatic rings. The van der Waals surface area contributed by atoms with Gasteiger partial charge in [-0.25, -0.2) is 4.79 Å². The van der Waals surface area contributed by atoms with Crippen LogP contribution < -0.4 is 5.76 Å². The topological polar surface area (TPSA) is 58.7 Å². The molecule has 0 unspecified atom stereocenters. The van der Waals surface area contributed by atoms with Crippen molar-refractivity contribution >= 4 is 23.1 Å². The molecule has 0 bridgehead atoms. The van der Waals surface area contributed by atoms with E-state index in [0.717, 1.165) is 19.6 Å². The molecule has 0 aliphatic carbocycles. The monoisotopic (exact) mass is 377 g/mol. The molecule has 1 aliphatic heterocycles. The van der Waals surface area contributed by atoms with E-state index in [9.17, 15) is 9.59 Å². The van der Waals surface area contributed by atoms with Crippen LogP contribution in [0.15, 0.2) is 69.9 Å². The van der Waals surface area contributed by atoms with Crippen LogP contribution in [-0.2, 0) is 11.3 Å². The average molecular weight is 377 g/mol. The Hall–Kier alpha value is -3.12. The molecule has 0 N–H and O–H groups in total. The lowest BCUT2D eigenvalue weighted by atomic mass is 10.2. The van der Waals surface area contributed by atoms with Crippen molar-refractivity contribution in [3.05, 3.63) is 76.8 Å². The summed E-state index contributed by atoms with van der Waals surface area (Å²) >= 11 is 0. The first-order chi connectivity index (χ1) is 13.7. The highest BCUT2D eigenvalue weighted by Gasteiger charge is 2.22. The normalized spacial score (nSPS) is 15.5. The fourth-order valence-electron chi connectivity index (χ4n) is 3.48. The standard InChI is InChI=1S/C22H23N3O3/c26-21(17-25-19-10-4-5-11-20(19)28-22(25)27)24-15-13-23(14-16-24)12-6-9-18-7-2-1-3-8-18/h1-11H,12-17H2/b9-6+. The molecule has 1 aliphatic rings. The number of benzene rings is 2. The number of aromatic nitrogens is 1. The molecule has 1 fully saturated rings. The third kappa shape index (κ3) is 4.07. The molecule has 0 atom stereocenters. The second-order valence-electron chi connectivity index (χ2n) is 6.92. The summed E-state index contributed by atoms with van der Waals surface area (Å²) in [6, 6.07) is 17.4. The van der Waals surface area contributed by atoms with Crippen molar-refractivity contribution in [2.45, 2.75) is 6.54 Å². The number of hydrogen-bond acceptors (Lipinski definition) is 4. The zero-order valence-corrected chi connectivity index (χ0v) is 15.7. The van der Waals surface area contributed by atoms with Crippen molar-refractivity contribution in [3.8, 4) is 0 Å². The number of carbonyl (C=O) groups excluding carboxylic acids is 1. The van der Waals surface area contributed by atoms with Crippen LogP contribution in [0.3, 0.4) is 0 Å². The Labute approximate surface area is 163 Å². The molecule has 2 heterocycles. The first-order valence-corrected chi connectivity index (χ1v) is 9.51. The zero-order valence-electron chi connectivity index (χ0n) is 15.7. The van der Waals surface area contributed by atoms with Gasteiger partial charge in [-0.05, 0) is 17.7 Å². The Kier molecular flexibility index (Phi) is 5.39. The van der Waals surface area contributed by atoms with Gasteiger partial charge < -0.3 is 9.32 Å². The van der Waals surface area contributed by atoms with E-state index in [-0.39, 0.29) is 12.5 Å². The number of carbonyl (C=O) groups is 1. The van der Waals surface area contributed by atoms with Crippen LogP contribution in [0.25, 0.3) is 17.2 Å². The van der Waals surface area contributed by atoms with Gasteiger partial charge in [0, 0.05) is 32.7 Å². The molecule has 0 saturated carbocycles. The number of piperazine rings is 1. The molecule has 28 heavy (non-hydrogen) atoms. The summed E-state index contributed by atoms with van der Waals surface area (Å²) in [4.78, 5) is 28.9. The Balaban J connectivity index is 1.31. The van der Waals surface area contributed by atoms with Crippen molar-refractivity contribution in [3.63, 3.8) is 0 Å². The van der Waals surface area contributed by atoms with Crippen molar-refractivity contribution in [2.75, 3.05) is 32.7 Å². The summed E-state index contributed by atoms with van der Waals surface area (Å²) in [5.74, 6) is -0.535. The molecule has 6 nitrogen and oxygen atoms in total. The second kappa shape index (κ2) is 8.27. The van der Waals surface area contributed by atoms with Crippen LogP contribution in [0.5, 0.6) is 0 Å². The van der Waals surface area contributed by atoms with Crippen LogP contribution >= 0.6 is 0 Å².